The van der Waals surface area contributed by atoms with Crippen molar-refractivity contribution < 1.29 is 0 Å². The van der Waals surface area contributed by atoms with Crippen LogP contribution in [0.4, 0.5) is 16.4 Å². The van der Waals surface area contributed by atoms with Crippen molar-refractivity contribution in [2.45, 2.75) is 0 Å². The van der Waals surface area contributed by atoms with E-state index in [1.807, 2.05) is 0 Å². The summed E-state index contributed by atoms with van der Waals surface area (Å²) < 4.78 is 0. The fourth-order valence-electron chi connectivity index (χ4n) is 4.49. The minimum Gasteiger partial charge on any atom is -0.301 e. The Kier molecular flexibility index (Phi) is 5.42. The maximum Gasteiger partial charge on any atom is 0.109 e. The number of para-hydroxylation sites is 1. The summed E-state index contributed by atoms with van der Waals surface area (Å²) in [6.45, 7) is 0. The topological polar surface area (TPSA) is 3.24 Å². The van der Waals surface area contributed by atoms with Crippen molar-refractivity contribution >= 4 is 38.5 Å². The summed E-state index contributed by atoms with van der Waals surface area (Å²) in [5.41, 5.74) is 6.99. The first-order valence-electron chi connectivity index (χ1n) is 11.4. The lowest BCUT2D eigenvalue weighted by molar-refractivity contribution is 1.33. The van der Waals surface area contributed by atoms with Gasteiger partial charge in [-0.1, -0.05) is 115 Å². The van der Waals surface area contributed by atoms with Crippen molar-refractivity contribution in [3.8, 4) is 22.3 Å². The molecule has 0 unspecified atom stereocenters. The Morgan fingerprint density at radius 1 is 0.529 bits per heavy atom. The number of hydrogen-bond donors (Lipinski definition) is 0. The molecule has 161 valence electrons. The number of anilines is 3. The van der Waals surface area contributed by atoms with Gasteiger partial charge in [0.05, 0.1) is 11.1 Å². The quantitative estimate of drug-likeness (QED) is 0.252. The second-order valence-electron chi connectivity index (χ2n) is 8.16. The van der Waals surface area contributed by atoms with Gasteiger partial charge in [0, 0.05) is 22.2 Å². The van der Waals surface area contributed by atoms with E-state index in [1.54, 1.807) is 11.3 Å². The van der Waals surface area contributed by atoms with Gasteiger partial charge < -0.3 is 4.90 Å². The van der Waals surface area contributed by atoms with Crippen molar-refractivity contribution in [3.05, 3.63) is 139 Å². The maximum absolute atomic E-state index is 3.66. The molecule has 2 heteroatoms. The number of nitrogens with zero attached hydrogens (tertiary/aromatic N) is 1. The van der Waals surface area contributed by atoms with Crippen molar-refractivity contribution in [2.24, 2.45) is 0 Å². The lowest BCUT2D eigenvalue weighted by Gasteiger charge is -2.27. The van der Waals surface area contributed by atoms with Crippen LogP contribution in [0.25, 0.3) is 33.0 Å². The van der Waals surface area contributed by atoms with Crippen molar-refractivity contribution in [1.29, 1.82) is 0 Å². The minimum atomic E-state index is 1.13. The van der Waals surface area contributed by atoms with Crippen LogP contribution in [-0.2, 0) is 0 Å². The summed E-state index contributed by atoms with van der Waals surface area (Å²) >= 11 is 1.67. The molecule has 1 heterocycles. The van der Waals surface area contributed by atoms with Crippen LogP contribution in [0.1, 0.15) is 0 Å². The molecule has 0 aliphatic carbocycles. The second-order valence-corrected chi connectivity index (χ2v) is 8.96. The zero-order valence-corrected chi connectivity index (χ0v) is 19.4. The van der Waals surface area contributed by atoms with E-state index >= 15 is 0 Å². The predicted octanol–water partition coefficient (Wildman–Crippen LogP) is 9.51. The Bertz CT molecular complexity index is 1530. The van der Waals surface area contributed by atoms with Crippen molar-refractivity contribution in [1.82, 2.24) is 0 Å². The van der Waals surface area contributed by atoms with E-state index in [2.05, 4.69) is 144 Å². The van der Waals surface area contributed by atoms with E-state index in [9.17, 15) is 0 Å². The lowest BCUT2D eigenvalue weighted by atomic mass is 9.97. The summed E-state index contributed by atoms with van der Waals surface area (Å²) in [5, 5.41) is 7.27. The highest BCUT2D eigenvalue weighted by Crippen LogP contribution is 2.50. The van der Waals surface area contributed by atoms with Crippen LogP contribution in [0, 0.1) is 5.38 Å². The molecule has 0 N–H and O–H groups in total. The largest absolute Gasteiger partial charge is 0.301 e. The molecule has 0 amide bonds. The van der Waals surface area contributed by atoms with E-state index in [-0.39, 0.29) is 0 Å². The van der Waals surface area contributed by atoms with E-state index < -0.39 is 0 Å². The van der Waals surface area contributed by atoms with Gasteiger partial charge in [-0.2, -0.15) is 0 Å². The maximum atomic E-state index is 3.66. The number of benzene rings is 5. The van der Waals surface area contributed by atoms with Gasteiger partial charge >= 0.3 is 0 Å². The average Bonchev–Trinajstić information content (AvgIpc) is 3.35. The molecule has 1 radical (unpaired) electrons. The molecule has 0 saturated heterocycles. The molecule has 6 aromatic rings. The number of fused-ring (bicyclic) bond motifs is 1. The van der Waals surface area contributed by atoms with Crippen LogP contribution >= 0.6 is 11.3 Å². The van der Waals surface area contributed by atoms with Gasteiger partial charge in [-0.05, 0) is 34.7 Å². The monoisotopic (exact) mass is 452 g/mol. The molecule has 0 aliphatic heterocycles. The van der Waals surface area contributed by atoms with Crippen LogP contribution in [0.5, 0.6) is 0 Å². The molecule has 0 fully saturated rings. The third-order valence-corrected chi connectivity index (χ3v) is 6.95. The molecule has 0 atom stereocenters. The third kappa shape index (κ3) is 3.68. The molecule has 1 nitrogen and oxygen atoms in total. The Labute approximate surface area is 204 Å². The number of thiophene rings is 1. The molecule has 0 saturated carbocycles. The highest BCUT2D eigenvalue weighted by atomic mass is 32.1. The Morgan fingerprint density at radius 2 is 1.12 bits per heavy atom. The van der Waals surface area contributed by atoms with Crippen LogP contribution in [0.3, 0.4) is 0 Å². The van der Waals surface area contributed by atoms with Crippen LogP contribution in [-0.4, -0.2) is 0 Å². The van der Waals surface area contributed by atoms with Crippen LogP contribution in [0.15, 0.2) is 133 Å². The van der Waals surface area contributed by atoms with Gasteiger partial charge in [0.1, 0.15) is 5.00 Å². The van der Waals surface area contributed by atoms with Gasteiger partial charge in [0.2, 0.25) is 0 Å². The molecular formula is C32H22NS. The van der Waals surface area contributed by atoms with Crippen molar-refractivity contribution in [2.75, 3.05) is 4.90 Å². The van der Waals surface area contributed by atoms with Gasteiger partial charge in [-0.25, -0.2) is 0 Å². The van der Waals surface area contributed by atoms with Crippen molar-refractivity contribution in [3.63, 3.8) is 0 Å². The first kappa shape index (κ1) is 20.5. The van der Waals surface area contributed by atoms with E-state index in [1.165, 1.54) is 27.5 Å². The molecule has 0 aliphatic rings. The van der Waals surface area contributed by atoms with Crippen LogP contribution in [0.2, 0.25) is 0 Å². The fourth-order valence-corrected chi connectivity index (χ4v) is 5.53. The summed E-state index contributed by atoms with van der Waals surface area (Å²) in [4.78, 5) is 2.39. The molecule has 34 heavy (non-hydrogen) atoms. The van der Waals surface area contributed by atoms with E-state index in [0.717, 1.165) is 21.9 Å². The Hall–Kier alpha value is -4.14. The molecule has 0 spiro atoms. The smallest absolute Gasteiger partial charge is 0.109 e. The Morgan fingerprint density at radius 3 is 1.85 bits per heavy atom. The average molecular weight is 453 g/mol. The first-order chi connectivity index (χ1) is 16.9. The zero-order chi connectivity index (χ0) is 22.7. The molecular weight excluding hydrogens is 430 g/mol. The first-order valence-corrected chi connectivity index (χ1v) is 12.2. The molecule has 5 aromatic carbocycles. The Balaban J connectivity index is 1.67. The lowest BCUT2D eigenvalue weighted by Crippen LogP contribution is -2.10. The summed E-state index contributed by atoms with van der Waals surface area (Å²) in [5.74, 6) is 0. The van der Waals surface area contributed by atoms with E-state index in [4.69, 9.17) is 0 Å². The second kappa shape index (κ2) is 9.01. The predicted molar refractivity (Wildman–Crippen MR) is 146 cm³/mol. The summed E-state index contributed by atoms with van der Waals surface area (Å²) in [6.07, 6.45) is 0. The van der Waals surface area contributed by atoms with Gasteiger partial charge in [0.15, 0.2) is 0 Å². The van der Waals surface area contributed by atoms with Gasteiger partial charge in [-0.15, -0.1) is 11.3 Å². The summed E-state index contributed by atoms with van der Waals surface area (Å²) in [6, 6.07) is 47.0. The standard InChI is InChI=1S/C32H22NS/c1-4-13-25(14-5-1)29-23-34-32(31(29)26-16-6-2-7-17-26)33(27-19-8-3-9-20-27)30-22-12-18-24-15-10-11-21-28(24)30/h1-22H. The molecule has 6 rings (SSSR count). The normalized spacial score (nSPS) is 10.9. The fraction of sp³-hybridized carbons (Fsp3) is 0. The molecule has 0 bridgehead atoms. The molecule has 1 aromatic heterocycles. The zero-order valence-electron chi connectivity index (χ0n) is 18.6. The van der Waals surface area contributed by atoms with Crippen LogP contribution < -0.4 is 4.90 Å². The third-order valence-electron chi connectivity index (χ3n) is 6.06. The van der Waals surface area contributed by atoms with Gasteiger partial charge in [0.25, 0.3) is 0 Å². The number of rotatable bonds is 5. The number of hydrogen-bond acceptors (Lipinski definition) is 2. The highest BCUT2D eigenvalue weighted by Gasteiger charge is 2.24. The summed E-state index contributed by atoms with van der Waals surface area (Å²) in [7, 11) is 0. The van der Waals surface area contributed by atoms with Gasteiger partial charge in [-0.3, -0.25) is 0 Å². The minimum absolute atomic E-state index is 1.13. The highest BCUT2D eigenvalue weighted by molar-refractivity contribution is 7.15. The van der Waals surface area contributed by atoms with E-state index in [0.29, 0.717) is 0 Å². The SMILES string of the molecule is [c]1sc(N(c2ccccc2)c2cccc3ccccc23)c(-c2ccccc2)c1-c1ccccc1.